The highest BCUT2D eigenvalue weighted by Crippen LogP contribution is 2.16. The number of hydrogen-bond acceptors (Lipinski definition) is 4. The van der Waals surface area contributed by atoms with E-state index in [-0.39, 0.29) is 5.91 Å². The fraction of sp³-hybridized carbons (Fsp3) is 0.462. The molecule has 0 radical (unpaired) electrons. The van der Waals surface area contributed by atoms with Gasteiger partial charge in [-0.2, -0.15) is 0 Å². The van der Waals surface area contributed by atoms with Gasteiger partial charge in [0.15, 0.2) is 0 Å². The molecule has 0 unspecified atom stereocenters. The van der Waals surface area contributed by atoms with Crippen molar-refractivity contribution in [3.8, 4) is 0 Å². The molecule has 4 N–H and O–H groups in total. The van der Waals surface area contributed by atoms with Crippen LogP contribution >= 0.6 is 0 Å². The Bertz CT molecular complexity index is 570. The molecule has 0 spiro atoms. The second-order valence-corrected chi connectivity index (χ2v) is 6.93. The van der Waals surface area contributed by atoms with Crippen LogP contribution in [-0.4, -0.2) is 26.6 Å². The van der Waals surface area contributed by atoms with E-state index in [1.807, 2.05) is 13.8 Å². The molecule has 20 heavy (non-hydrogen) atoms. The minimum Gasteiger partial charge on any atom is -0.325 e. The third-order valence-corrected chi connectivity index (χ3v) is 3.10. The van der Waals surface area contributed by atoms with Crippen molar-refractivity contribution in [2.75, 3.05) is 16.3 Å². The van der Waals surface area contributed by atoms with Crippen LogP contribution in [0.15, 0.2) is 24.3 Å². The van der Waals surface area contributed by atoms with Crippen molar-refractivity contribution < 1.29 is 13.2 Å². The van der Waals surface area contributed by atoms with E-state index in [0.29, 0.717) is 23.7 Å². The molecule has 1 aromatic rings. The summed E-state index contributed by atoms with van der Waals surface area (Å²) in [6, 6.07) is 5.89. The number of rotatable bonds is 6. The normalized spacial score (nSPS) is 13.1. The van der Waals surface area contributed by atoms with E-state index in [1.165, 1.54) is 0 Å². The zero-order chi connectivity index (χ0) is 15.3. The summed E-state index contributed by atoms with van der Waals surface area (Å²) in [6.45, 7) is 3.98. The minimum absolute atomic E-state index is 0.282. The van der Waals surface area contributed by atoms with E-state index in [2.05, 4.69) is 10.0 Å². The Labute approximate surface area is 119 Å². The fourth-order valence-corrected chi connectivity index (χ4v) is 2.28. The number of hydrogen-bond donors (Lipinski definition) is 3. The third kappa shape index (κ3) is 6.03. The summed E-state index contributed by atoms with van der Waals surface area (Å²) in [5.41, 5.74) is 6.68. The second kappa shape index (κ2) is 6.71. The molecule has 0 bridgehead atoms. The van der Waals surface area contributed by atoms with Gasteiger partial charge in [0.1, 0.15) is 0 Å². The maximum atomic E-state index is 11.9. The van der Waals surface area contributed by atoms with E-state index in [4.69, 9.17) is 5.73 Å². The summed E-state index contributed by atoms with van der Waals surface area (Å²) in [5, 5.41) is 2.67. The summed E-state index contributed by atoms with van der Waals surface area (Å²) in [7, 11) is -3.34. The zero-order valence-electron chi connectivity index (χ0n) is 11.9. The summed E-state index contributed by atoms with van der Waals surface area (Å²) in [6.07, 6.45) is 1.66. The minimum atomic E-state index is -3.34. The summed E-state index contributed by atoms with van der Waals surface area (Å²) < 4.78 is 24.6. The SMILES string of the molecule is CC(C)C[C@H](N)C(=O)Nc1cccc(NS(C)(=O)=O)c1. The molecule has 0 heterocycles. The average molecular weight is 299 g/mol. The lowest BCUT2D eigenvalue weighted by atomic mass is 10.0. The lowest BCUT2D eigenvalue weighted by molar-refractivity contribution is -0.117. The highest BCUT2D eigenvalue weighted by molar-refractivity contribution is 7.92. The first kappa shape index (κ1) is 16.5. The lowest BCUT2D eigenvalue weighted by Crippen LogP contribution is -2.36. The van der Waals surface area contributed by atoms with Gasteiger partial charge >= 0.3 is 0 Å². The monoisotopic (exact) mass is 299 g/mol. The molecule has 1 aromatic carbocycles. The van der Waals surface area contributed by atoms with Gasteiger partial charge in [0.2, 0.25) is 15.9 Å². The van der Waals surface area contributed by atoms with Crippen LogP contribution in [0.5, 0.6) is 0 Å². The number of carbonyl (C=O) groups is 1. The first-order valence-corrected chi connectivity index (χ1v) is 8.21. The van der Waals surface area contributed by atoms with E-state index >= 15 is 0 Å². The molecule has 0 aliphatic rings. The van der Waals surface area contributed by atoms with Gasteiger partial charge in [0.05, 0.1) is 18.0 Å². The largest absolute Gasteiger partial charge is 0.325 e. The maximum Gasteiger partial charge on any atom is 0.241 e. The molecule has 0 aromatic heterocycles. The summed E-state index contributed by atoms with van der Waals surface area (Å²) in [4.78, 5) is 11.9. The van der Waals surface area contributed by atoms with Crippen LogP contribution in [0, 0.1) is 5.92 Å². The molecule has 6 nitrogen and oxygen atoms in total. The molecule has 1 amide bonds. The molecule has 1 rings (SSSR count). The molecule has 0 aliphatic carbocycles. The topological polar surface area (TPSA) is 101 Å². The van der Waals surface area contributed by atoms with Crippen LogP contribution in [0.1, 0.15) is 20.3 Å². The number of benzene rings is 1. The highest BCUT2D eigenvalue weighted by Gasteiger charge is 2.15. The van der Waals surface area contributed by atoms with Gasteiger partial charge in [0, 0.05) is 5.69 Å². The lowest BCUT2D eigenvalue weighted by Gasteiger charge is -2.14. The quantitative estimate of drug-likeness (QED) is 0.738. The molecule has 1 atom stereocenters. The van der Waals surface area contributed by atoms with Crippen LogP contribution in [0.3, 0.4) is 0 Å². The van der Waals surface area contributed by atoms with Gasteiger partial charge in [-0.3, -0.25) is 9.52 Å². The first-order valence-electron chi connectivity index (χ1n) is 6.31. The number of nitrogens with two attached hydrogens (primary N) is 1. The molecule has 112 valence electrons. The number of amides is 1. The number of nitrogens with one attached hydrogen (secondary N) is 2. The number of carbonyl (C=O) groups excluding carboxylic acids is 1. The summed E-state index contributed by atoms with van der Waals surface area (Å²) in [5.74, 6) is 0.0455. The van der Waals surface area contributed by atoms with Crippen LogP contribution in [-0.2, 0) is 14.8 Å². The van der Waals surface area contributed by atoms with Gasteiger partial charge in [-0.05, 0) is 30.5 Å². The van der Waals surface area contributed by atoms with Gasteiger partial charge in [-0.25, -0.2) is 8.42 Å². The molecule has 0 saturated heterocycles. The Balaban J connectivity index is 2.73. The smallest absolute Gasteiger partial charge is 0.241 e. The van der Waals surface area contributed by atoms with Crippen LogP contribution in [0.2, 0.25) is 0 Å². The van der Waals surface area contributed by atoms with E-state index < -0.39 is 16.1 Å². The van der Waals surface area contributed by atoms with Gasteiger partial charge in [-0.15, -0.1) is 0 Å². The van der Waals surface area contributed by atoms with Crippen LogP contribution in [0.4, 0.5) is 11.4 Å². The fourth-order valence-electron chi connectivity index (χ4n) is 1.72. The predicted molar refractivity (Wildman–Crippen MR) is 81.0 cm³/mol. The van der Waals surface area contributed by atoms with Gasteiger partial charge < -0.3 is 11.1 Å². The van der Waals surface area contributed by atoms with Crippen molar-refractivity contribution in [1.29, 1.82) is 0 Å². The van der Waals surface area contributed by atoms with Crippen molar-refractivity contribution in [3.63, 3.8) is 0 Å². The van der Waals surface area contributed by atoms with Gasteiger partial charge in [-0.1, -0.05) is 19.9 Å². The third-order valence-electron chi connectivity index (χ3n) is 2.50. The summed E-state index contributed by atoms with van der Waals surface area (Å²) >= 11 is 0. The number of sulfonamides is 1. The van der Waals surface area contributed by atoms with Crippen molar-refractivity contribution in [2.24, 2.45) is 11.7 Å². The average Bonchev–Trinajstić information content (AvgIpc) is 2.25. The van der Waals surface area contributed by atoms with E-state index in [1.54, 1.807) is 24.3 Å². The molecular formula is C13H21N3O3S. The predicted octanol–water partition coefficient (Wildman–Crippen LogP) is 1.37. The van der Waals surface area contributed by atoms with Crippen LogP contribution in [0.25, 0.3) is 0 Å². The van der Waals surface area contributed by atoms with Crippen molar-refractivity contribution in [1.82, 2.24) is 0 Å². The standard InChI is InChI=1S/C13H21N3O3S/c1-9(2)7-12(14)13(17)15-10-5-4-6-11(8-10)16-20(3,18)19/h4-6,8-9,12,16H,7,14H2,1-3H3,(H,15,17)/t12-/m0/s1. The Kier molecular flexibility index (Phi) is 5.52. The Morgan fingerprint density at radius 3 is 2.45 bits per heavy atom. The molecule has 7 heteroatoms. The Morgan fingerprint density at radius 2 is 1.90 bits per heavy atom. The zero-order valence-corrected chi connectivity index (χ0v) is 12.7. The van der Waals surface area contributed by atoms with Gasteiger partial charge in [0.25, 0.3) is 0 Å². The Morgan fingerprint density at radius 1 is 1.30 bits per heavy atom. The van der Waals surface area contributed by atoms with E-state index in [9.17, 15) is 13.2 Å². The Hall–Kier alpha value is -1.60. The molecule has 0 aliphatic heterocycles. The second-order valence-electron chi connectivity index (χ2n) is 5.18. The van der Waals surface area contributed by atoms with Crippen molar-refractivity contribution in [3.05, 3.63) is 24.3 Å². The molecule has 0 saturated carbocycles. The van der Waals surface area contributed by atoms with Crippen LogP contribution < -0.4 is 15.8 Å². The van der Waals surface area contributed by atoms with E-state index in [0.717, 1.165) is 6.26 Å². The molecule has 0 fully saturated rings. The highest BCUT2D eigenvalue weighted by atomic mass is 32.2. The maximum absolute atomic E-state index is 11.9. The van der Waals surface area contributed by atoms with Crippen molar-refractivity contribution in [2.45, 2.75) is 26.3 Å². The first-order chi connectivity index (χ1) is 9.17. The number of anilines is 2. The molecular weight excluding hydrogens is 278 g/mol. The van der Waals surface area contributed by atoms with Crippen molar-refractivity contribution >= 4 is 27.3 Å².